The average Bonchev–Trinajstić information content (AvgIpc) is 2.61. The van der Waals surface area contributed by atoms with E-state index in [4.69, 9.17) is 9.47 Å². The molecule has 146 valence electrons. The first-order chi connectivity index (χ1) is 12.3. The lowest BCUT2D eigenvalue weighted by Crippen LogP contribution is -2.19. The summed E-state index contributed by atoms with van der Waals surface area (Å²) >= 11 is 0. The number of carbonyl (C=O) groups excluding carboxylic acids is 2. The van der Waals surface area contributed by atoms with E-state index >= 15 is 0 Å². The van der Waals surface area contributed by atoms with Crippen molar-refractivity contribution in [3.8, 4) is 0 Å². The van der Waals surface area contributed by atoms with Crippen molar-refractivity contribution in [2.45, 2.75) is 72.6 Å². The number of nitrogens with zero attached hydrogens (tertiary/aromatic N) is 1. The fraction of sp³-hybridized carbons (Fsp3) is 0.667. The van der Waals surface area contributed by atoms with E-state index in [1.165, 1.54) is 38.2 Å². The molecule has 0 unspecified atom stereocenters. The van der Waals surface area contributed by atoms with Crippen molar-refractivity contribution in [1.82, 2.24) is 4.98 Å². The predicted molar refractivity (Wildman–Crippen MR) is 102 cm³/mol. The Balaban J connectivity index is 2.37. The van der Waals surface area contributed by atoms with Crippen LogP contribution >= 0.6 is 0 Å². The van der Waals surface area contributed by atoms with Crippen LogP contribution in [0.25, 0.3) is 0 Å². The lowest BCUT2D eigenvalue weighted by atomic mass is 9.99. The molecule has 5 heteroatoms. The first-order valence-corrected chi connectivity index (χ1v) is 9.65. The lowest BCUT2D eigenvalue weighted by Gasteiger charge is -2.17. The fourth-order valence-electron chi connectivity index (χ4n) is 2.32. The van der Waals surface area contributed by atoms with Crippen LogP contribution in [0.4, 0.5) is 0 Å². The Bertz CT molecular complexity index is 563. The number of pyridine rings is 1. The molecular formula is C21H33NO4. The van der Waals surface area contributed by atoms with Gasteiger partial charge in [0.1, 0.15) is 11.4 Å². The highest BCUT2D eigenvalue weighted by molar-refractivity contribution is 5.91. The normalized spacial score (nSPS) is 11.2. The van der Waals surface area contributed by atoms with Crippen LogP contribution in [0.1, 0.15) is 93.6 Å². The maximum atomic E-state index is 12.1. The molecule has 0 aromatic carbocycles. The van der Waals surface area contributed by atoms with Gasteiger partial charge in [-0.15, -0.1) is 0 Å². The molecule has 0 saturated carbocycles. The quantitative estimate of drug-likeness (QED) is 0.400. The van der Waals surface area contributed by atoms with Gasteiger partial charge in [-0.3, -0.25) is 0 Å². The number of rotatable bonds is 11. The molecule has 0 fully saturated rings. The van der Waals surface area contributed by atoms with Crippen molar-refractivity contribution in [3.63, 3.8) is 0 Å². The topological polar surface area (TPSA) is 65.5 Å². The Morgan fingerprint density at radius 1 is 0.885 bits per heavy atom. The molecule has 1 rings (SSSR count). The molecular weight excluding hydrogens is 330 g/mol. The van der Waals surface area contributed by atoms with Gasteiger partial charge in [0.25, 0.3) is 0 Å². The van der Waals surface area contributed by atoms with E-state index < -0.39 is 11.9 Å². The fourth-order valence-corrected chi connectivity index (χ4v) is 2.32. The summed E-state index contributed by atoms with van der Waals surface area (Å²) in [5.41, 5.74) is 0.140. The Kier molecular flexibility index (Phi) is 9.92. The number of aromatic nitrogens is 1. The third kappa shape index (κ3) is 9.54. The molecule has 0 bridgehead atoms. The second-order valence-corrected chi connectivity index (χ2v) is 7.80. The van der Waals surface area contributed by atoms with E-state index in [0.29, 0.717) is 13.2 Å². The summed E-state index contributed by atoms with van der Waals surface area (Å²) in [6.07, 6.45) is 8.13. The third-order valence-electron chi connectivity index (χ3n) is 3.78. The van der Waals surface area contributed by atoms with E-state index in [0.717, 1.165) is 12.8 Å². The minimum absolute atomic E-state index is 0.122. The number of ether oxygens (including phenoxy) is 2. The van der Waals surface area contributed by atoms with Crippen molar-refractivity contribution < 1.29 is 19.1 Å². The molecule has 0 saturated heterocycles. The van der Waals surface area contributed by atoms with Gasteiger partial charge in [-0.2, -0.15) is 0 Å². The van der Waals surface area contributed by atoms with Gasteiger partial charge >= 0.3 is 11.9 Å². The zero-order valence-electron chi connectivity index (χ0n) is 16.7. The number of carbonyl (C=O) groups is 2. The molecule has 1 aromatic heterocycles. The maximum Gasteiger partial charge on any atom is 0.356 e. The molecule has 0 aliphatic heterocycles. The Morgan fingerprint density at radius 2 is 1.42 bits per heavy atom. The molecule has 0 spiro atoms. The molecule has 0 radical (unpaired) electrons. The second kappa shape index (κ2) is 11.7. The van der Waals surface area contributed by atoms with Gasteiger partial charge < -0.3 is 9.47 Å². The summed E-state index contributed by atoms with van der Waals surface area (Å²) in [4.78, 5) is 28.2. The molecule has 0 atom stereocenters. The zero-order valence-corrected chi connectivity index (χ0v) is 16.7. The van der Waals surface area contributed by atoms with Crippen LogP contribution in [-0.2, 0) is 9.47 Å². The smallest absolute Gasteiger partial charge is 0.356 e. The van der Waals surface area contributed by atoms with E-state index in [1.54, 1.807) is 12.1 Å². The van der Waals surface area contributed by atoms with Crippen LogP contribution in [0.3, 0.4) is 0 Å². The summed E-state index contributed by atoms with van der Waals surface area (Å²) in [5, 5.41) is 0. The van der Waals surface area contributed by atoms with Crippen LogP contribution in [0.5, 0.6) is 0 Å². The van der Waals surface area contributed by atoms with Crippen molar-refractivity contribution in [2.75, 3.05) is 13.2 Å². The molecule has 1 heterocycles. The minimum Gasteiger partial charge on any atom is -0.461 e. The van der Waals surface area contributed by atoms with E-state index in [2.05, 4.69) is 11.9 Å². The average molecular weight is 363 g/mol. The van der Waals surface area contributed by atoms with E-state index in [9.17, 15) is 9.59 Å². The van der Waals surface area contributed by atoms with Gasteiger partial charge in [0, 0.05) is 0 Å². The molecule has 0 N–H and O–H groups in total. The first-order valence-electron chi connectivity index (χ1n) is 9.65. The summed E-state index contributed by atoms with van der Waals surface area (Å²) in [7, 11) is 0. The van der Waals surface area contributed by atoms with Gasteiger partial charge in [-0.05, 0) is 24.0 Å². The second-order valence-electron chi connectivity index (χ2n) is 7.80. The first kappa shape index (κ1) is 22.1. The Labute approximate surface area is 157 Å². The Morgan fingerprint density at radius 3 is 2.00 bits per heavy atom. The maximum absolute atomic E-state index is 12.1. The van der Waals surface area contributed by atoms with E-state index in [1.807, 2.05) is 20.8 Å². The summed E-state index contributed by atoms with van der Waals surface area (Å²) < 4.78 is 10.5. The van der Waals surface area contributed by atoms with Crippen LogP contribution in [0.15, 0.2) is 18.2 Å². The van der Waals surface area contributed by atoms with Gasteiger partial charge in [-0.25, -0.2) is 14.6 Å². The highest BCUT2D eigenvalue weighted by Crippen LogP contribution is 2.14. The summed E-state index contributed by atoms with van der Waals surface area (Å²) in [6, 6.07) is 4.71. The molecule has 0 aliphatic carbocycles. The zero-order chi connectivity index (χ0) is 19.4. The van der Waals surface area contributed by atoms with Gasteiger partial charge in [0.15, 0.2) is 0 Å². The highest BCUT2D eigenvalue weighted by Gasteiger charge is 2.17. The molecule has 0 amide bonds. The molecule has 0 aliphatic rings. The number of hydrogen-bond acceptors (Lipinski definition) is 5. The minimum atomic E-state index is -0.526. The monoisotopic (exact) mass is 363 g/mol. The standard InChI is InChI=1S/C21H33NO4/c1-5-6-7-8-9-10-11-15-25-19(23)17-13-12-14-18(22-17)20(24)26-16-21(2,3)4/h12-14H,5-11,15-16H2,1-4H3. The van der Waals surface area contributed by atoms with Gasteiger partial charge in [-0.1, -0.05) is 72.3 Å². The number of esters is 2. The van der Waals surface area contributed by atoms with Crippen molar-refractivity contribution >= 4 is 11.9 Å². The van der Waals surface area contributed by atoms with E-state index in [-0.39, 0.29) is 16.8 Å². The van der Waals surface area contributed by atoms with Crippen LogP contribution in [-0.4, -0.2) is 30.1 Å². The SMILES string of the molecule is CCCCCCCCCOC(=O)c1cccc(C(=O)OCC(C)(C)C)n1. The molecule has 26 heavy (non-hydrogen) atoms. The predicted octanol–water partition coefficient (Wildman–Crippen LogP) is 5.19. The van der Waals surface area contributed by atoms with Crippen molar-refractivity contribution in [3.05, 3.63) is 29.6 Å². The number of hydrogen-bond donors (Lipinski definition) is 0. The third-order valence-corrected chi connectivity index (χ3v) is 3.78. The largest absolute Gasteiger partial charge is 0.461 e. The Hall–Kier alpha value is -1.91. The highest BCUT2D eigenvalue weighted by atomic mass is 16.5. The van der Waals surface area contributed by atoms with Crippen LogP contribution in [0.2, 0.25) is 0 Å². The lowest BCUT2D eigenvalue weighted by molar-refractivity contribution is 0.0359. The van der Waals surface area contributed by atoms with Gasteiger partial charge in [0.05, 0.1) is 13.2 Å². The number of unbranched alkanes of at least 4 members (excludes halogenated alkanes) is 6. The van der Waals surface area contributed by atoms with Crippen molar-refractivity contribution in [2.24, 2.45) is 5.41 Å². The van der Waals surface area contributed by atoms with Crippen LogP contribution in [0, 0.1) is 5.41 Å². The molecule has 5 nitrogen and oxygen atoms in total. The van der Waals surface area contributed by atoms with Gasteiger partial charge in [0.2, 0.25) is 0 Å². The van der Waals surface area contributed by atoms with Crippen LogP contribution < -0.4 is 0 Å². The molecule has 1 aromatic rings. The summed E-state index contributed by atoms with van der Waals surface area (Å²) in [6.45, 7) is 8.81. The summed E-state index contributed by atoms with van der Waals surface area (Å²) in [5.74, 6) is -1.02. The van der Waals surface area contributed by atoms with Crippen molar-refractivity contribution in [1.29, 1.82) is 0 Å².